The molecule has 3 rings (SSSR count). The molecule has 0 unspecified atom stereocenters. The molecule has 104 valence electrons. The molecule has 0 atom stereocenters. The Kier molecular flexibility index (Phi) is 3.66. The van der Waals surface area contributed by atoms with Crippen LogP contribution in [0.15, 0.2) is 54.6 Å². The highest BCUT2D eigenvalue weighted by atomic mass is 35.5. The fourth-order valence-electron chi connectivity index (χ4n) is 1.92. The number of carbonyl (C=O) groups is 1. The van der Waals surface area contributed by atoms with Gasteiger partial charge in [-0.25, -0.2) is 4.98 Å². The molecule has 0 saturated carbocycles. The zero-order valence-electron chi connectivity index (χ0n) is 10.9. The van der Waals surface area contributed by atoms with E-state index in [-0.39, 0.29) is 11.2 Å². The lowest BCUT2D eigenvalue weighted by atomic mass is 10.2. The molecule has 5 nitrogen and oxygen atoms in total. The quantitative estimate of drug-likeness (QED) is 0.576. The number of hydrogen-bond acceptors (Lipinski definition) is 4. The number of para-hydroxylation sites is 1. The Morgan fingerprint density at radius 2 is 1.67 bits per heavy atom. The number of rotatable bonds is 3. The second-order valence-electron chi connectivity index (χ2n) is 4.30. The van der Waals surface area contributed by atoms with Gasteiger partial charge in [0.15, 0.2) is 5.82 Å². The number of nitrogens with zero attached hydrogens (tertiary/aromatic N) is 2. The molecule has 3 aromatic rings. The second-order valence-corrected chi connectivity index (χ2v) is 4.64. The third kappa shape index (κ3) is 2.93. The molecule has 0 aliphatic heterocycles. The topological polar surface area (TPSA) is 66.9 Å². The molecule has 21 heavy (non-hydrogen) atoms. The summed E-state index contributed by atoms with van der Waals surface area (Å²) in [5, 5.41) is 0.889. The van der Waals surface area contributed by atoms with Crippen LogP contribution in [0, 0.1) is 0 Å². The molecule has 0 aliphatic carbocycles. The minimum atomic E-state index is -0.255. The van der Waals surface area contributed by atoms with Crippen molar-refractivity contribution in [2.45, 2.75) is 0 Å². The van der Waals surface area contributed by atoms with Crippen LogP contribution in [0.3, 0.4) is 0 Å². The zero-order valence-corrected chi connectivity index (χ0v) is 11.6. The molecular weight excluding hydrogens is 288 g/mol. The Bertz CT molecular complexity index is 792. The van der Waals surface area contributed by atoms with E-state index in [4.69, 9.17) is 11.6 Å². The first-order chi connectivity index (χ1) is 10.2. The minimum Gasteiger partial charge on any atom is -0.281 e. The van der Waals surface area contributed by atoms with E-state index in [1.54, 1.807) is 24.3 Å². The van der Waals surface area contributed by atoms with Crippen LogP contribution in [0.25, 0.3) is 10.9 Å². The maximum absolute atomic E-state index is 12.0. The molecule has 0 bridgehead atoms. The first kappa shape index (κ1) is 13.3. The monoisotopic (exact) mass is 298 g/mol. The molecule has 2 N–H and O–H groups in total. The summed E-state index contributed by atoms with van der Waals surface area (Å²) in [6.07, 6.45) is 0. The molecule has 1 heterocycles. The van der Waals surface area contributed by atoms with E-state index >= 15 is 0 Å². The highest BCUT2D eigenvalue weighted by molar-refractivity contribution is 6.28. The number of fused-ring (bicyclic) bond motifs is 1. The average molecular weight is 299 g/mol. The van der Waals surface area contributed by atoms with E-state index in [0.717, 1.165) is 5.39 Å². The molecule has 6 heteroatoms. The van der Waals surface area contributed by atoms with Crippen LogP contribution >= 0.6 is 11.6 Å². The van der Waals surface area contributed by atoms with E-state index in [9.17, 15) is 4.79 Å². The summed E-state index contributed by atoms with van der Waals surface area (Å²) in [5.74, 6) is 0.198. The Morgan fingerprint density at radius 3 is 2.48 bits per heavy atom. The van der Waals surface area contributed by atoms with Crippen molar-refractivity contribution in [3.8, 4) is 0 Å². The third-order valence-corrected chi connectivity index (χ3v) is 3.08. The van der Waals surface area contributed by atoms with Gasteiger partial charge in [-0.2, -0.15) is 4.98 Å². The number of anilines is 1. The maximum atomic E-state index is 12.0. The van der Waals surface area contributed by atoms with Gasteiger partial charge in [0.05, 0.1) is 5.52 Å². The normalized spacial score (nSPS) is 10.3. The predicted molar refractivity (Wildman–Crippen MR) is 82.1 cm³/mol. The molecule has 0 saturated heterocycles. The number of aromatic nitrogens is 2. The SMILES string of the molecule is O=C(NNc1nc(Cl)nc2ccccc12)c1ccccc1. The summed E-state index contributed by atoms with van der Waals surface area (Å²) in [6, 6.07) is 16.3. The van der Waals surface area contributed by atoms with Crippen LogP contribution in [0.5, 0.6) is 0 Å². The van der Waals surface area contributed by atoms with E-state index in [1.165, 1.54) is 0 Å². The van der Waals surface area contributed by atoms with Crippen LogP contribution in [-0.4, -0.2) is 15.9 Å². The Morgan fingerprint density at radius 1 is 0.952 bits per heavy atom. The van der Waals surface area contributed by atoms with E-state index in [2.05, 4.69) is 20.8 Å². The standard InChI is InChI=1S/C15H11ClN4O/c16-15-17-12-9-5-4-8-11(12)13(18-15)19-20-14(21)10-6-2-1-3-7-10/h1-9H,(H,20,21)(H,17,18,19). The fraction of sp³-hybridized carbons (Fsp3) is 0. The average Bonchev–Trinajstić information content (AvgIpc) is 2.53. The highest BCUT2D eigenvalue weighted by Gasteiger charge is 2.08. The van der Waals surface area contributed by atoms with Crippen molar-refractivity contribution >= 4 is 34.2 Å². The van der Waals surface area contributed by atoms with Gasteiger partial charge >= 0.3 is 0 Å². The van der Waals surface area contributed by atoms with Gasteiger partial charge in [0.2, 0.25) is 5.28 Å². The first-order valence-corrected chi connectivity index (χ1v) is 6.65. The Hall–Kier alpha value is -2.66. The van der Waals surface area contributed by atoms with Gasteiger partial charge in [-0.1, -0.05) is 30.3 Å². The molecule has 0 fully saturated rings. The van der Waals surface area contributed by atoms with Gasteiger partial charge < -0.3 is 0 Å². The van der Waals surface area contributed by atoms with Crippen molar-refractivity contribution in [2.24, 2.45) is 0 Å². The maximum Gasteiger partial charge on any atom is 0.269 e. The van der Waals surface area contributed by atoms with Crippen molar-refractivity contribution in [2.75, 3.05) is 5.43 Å². The largest absolute Gasteiger partial charge is 0.281 e. The van der Waals surface area contributed by atoms with Crippen LogP contribution in [-0.2, 0) is 0 Å². The lowest BCUT2D eigenvalue weighted by Gasteiger charge is -2.10. The van der Waals surface area contributed by atoms with Crippen LogP contribution < -0.4 is 10.9 Å². The van der Waals surface area contributed by atoms with E-state index < -0.39 is 0 Å². The molecule has 0 aliphatic rings. The van der Waals surface area contributed by atoms with Gasteiger partial charge in [-0.3, -0.25) is 15.6 Å². The Labute approximate surface area is 126 Å². The predicted octanol–water partition coefficient (Wildman–Crippen LogP) is 3.04. The Balaban J connectivity index is 1.84. The number of amides is 1. The molecule has 1 aromatic heterocycles. The molecule has 1 amide bonds. The van der Waals surface area contributed by atoms with Crippen molar-refractivity contribution < 1.29 is 4.79 Å². The number of halogens is 1. The van der Waals surface area contributed by atoms with E-state index in [1.807, 2.05) is 30.3 Å². The summed E-state index contributed by atoms with van der Waals surface area (Å²) < 4.78 is 0. The smallest absolute Gasteiger partial charge is 0.269 e. The summed E-state index contributed by atoms with van der Waals surface area (Å²) in [4.78, 5) is 20.2. The van der Waals surface area contributed by atoms with Gasteiger partial charge in [0.25, 0.3) is 5.91 Å². The number of hydrazine groups is 1. The summed E-state index contributed by atoms with van der Waals surface area (Å²) in [5.41, 5.74) is 6.64. The third-order valence-electron chi connectivity index (χ3n) is 2.91. The zero-order chi connectivity index (χ0) is 14.7. The van der Waals surface area contributed by atoms with Crippen molar-refractivity contribution in [3.05, 3.63) is 65.4 Å². The van der Waals surface area contributed by atoms with Gasteiger partial charge in [-0.05, 0) is 35.9 Å². The van der Waals surface area contributed by atoms with Crippen LogP contribution in [0.2, 0.25) is 5.28 Å². The first-order valence-electron chi connectivity index (χ1n) is 6.28. The lowest BCUT2D eigenvalue weighted by Crippen LogP contribution is -2.29. The van der Waals surface area contributed by atoms with Gasteiger partial charge in [0, 0.05) is 10.9 Å². The molecule has 0 spiro atoms. The van der Waals surface area contributed by atoms with Crippen molar-refractivity contribution in [1.82, 2.24) is 15.4 Å². The minimum absolute atomic E-state index is 0.116. The summed E-state index contributed by atoms with van der Waals surface area (Å²) in [7, 11) is 0. The van der Waals surface area contributed by atoms with Gasteiger partial charge in [0.1, 0.15) is 0 Å². The van der Waals surface area contributed by atoms with Gasteiger partial charge in [-0.15, -0.1) is 0 Å². The molecule has 2 aromatic carbocycles. The summed E-state index contributed by atoms with van der Waals surface area (Å²) >= 11 is 5.88. The van der Waals surface area contributed by atoms with Crippen molar-refractivity contribution in [3.63, 3.8) is 0 Å². The molecule has 0 radical (unpaired) electrons. The number of hydrogen-bond donors (Lipinski definition) is 2. The number of carbonyl (C=O) groups excluding carboxylic acids is 1. The fourth-order valence-corrected chi connectivity index (χ4v) is 2.10. The van der Waals surface area contributed by atoms with E-state index in [0.29, 0.717) is 16.9 Å². The molecular formula is C15H11ClN4O. The van der Waals surface area contributed by atoms with Crippen molar-refractivity contribution in [1.29, 1.82) is 0 Å². The van der Waals surface area contributed by atoms with Crippen LogP contribution in [0.4, 0.5) is 5.82 Å². The second kappa shape index (κ2) is 5.76. The lowest BCUT2D eigenvalue weighted by molar-refractivity contribution is 0.0962. The number of nitrogens with one attached hydrogen (secondary N) is 2. The summed E-state index contributed by atoms with van der Waals surface area (Å²) in [6.45, 7) is 0. The van der Waals surface area contributed by atoms with Crippen LogP contribution in [0.1, 0.15) is 10.4 Å². The highest BCUT2D eigenvalue weighted by Crippen LogP contribution is 2.21. The number of benzene rings is 2.